The Kier molecular flexibility index (Phi) is 15.6. The van der Waals surface area contributed by atoms with Gasteiger partial charge in [-0.3, -0.25) is 0 Å². The number of rotatable bonds is 15. The van der Waals surface area contributed by atoms with Crippen molar-refractivity contribution in [3.63, 3.8) is 0 Å². The molecule has 0 aromatic heterocycles. The lowest BCUT2D eigenvalue weighted by molar-refractivity contribution is -0.878. The average Bonchev–Trinajstić information content (AvgIpc) is 2.39. The number of nitrogens with one attached hydrogen (secondary N) is 1. The van der Waals surface area contributed by atoms with Crippen molar-refractivity contribution in [1.29, 1.82) is 5.53 Å². The van der Waals surface area contributed by atoms with E-state index in [4.69, 9.17) is 5.53 Å². The minimum atomic E-state index is 1.64. The van der Waals surface area contributed by atoms with Gasteiger partial charge < -0.3 is 0 Å². The molecule has 18 heavy (non-hydrogen) atoms. The largest absolute Gasteiger partial charge is 0.189 e. The van der Waals surface area contributed by atoms with Crippen molar-refractivity contribution in [2.24, 2.45) is 5.28 Å². The van der Waals surface area contributed by atoms with Gasteiger partial charge >= 0.3 is 0 Å². The van der Waals surface area contributed by atoms with E-state index in [1.165, 1.54) is 0 Å². The van der Waals surface area contributed by atoms with Crippen LogP contribution in [0.3, 0.4) is 0 Å². The zero-order chi connectivity index (χ0) is 13.3. The van der Waals surface area contributed by atoms with Crippen LogP contribution in [0.15, 0.2) is 5.28 Å². The highest BCUT2D eigenvalue weighted by Crippen LogP contribution is 1.93. The van der Waals surface area contributed by atoms with Gasteiger partial charge in [0.25, 0.3) is 0 Å². The molecule has 1 atom stereocenters. The summed E-state index contributed by atoms with van der Waals surface area (Å²) in [4.78, 5) is 3.46. The molecular weight excluding hydrogens is 299 g/mol. The molecule has 17 nitrogen and oxygen atoms in total. The molecule has 0 amide bonds. The minimum Gasteiger partial charge on any atom is -0.189 e. The summed E-state index contributed by atoms with van der Waals surface area (Å²) in [7, 11) is 1.64. The van der Waals surface area contributed by atoms with Gasteiger partial charge in [0.2, 0.25) is 0 Å². The zero-order valence-electron chi connectivity index (χ0n) is 7.65. The Morgan fingerprint density at radius 2 is 0.889 bits per heavy atom. The summed E-state index contributed by atoms with van der Waals surface area (Å²) in [6.07, 6.45) is 0. The highest BCUT2D eigenvalue weighted by Gasteiger charge is 1.98. The van der Waals surface area contributed by atoms with Crippen molar-refractivity contribution in [2.75, 3.05) is 0 Å². The normalized spacial score (nSPS) is 10.5. The summed E-state index contributed by atoms with van der Waals surface area (Å²) in [6.45, 7) is 0. The first-order valence-corrected chi connectivity index (χ1v) is 3.45. The van der Waals surface area contributed by atoms with E-state index >= 15 is 0 Å². The van der Waals surface area contributed by atoms with Crippen molar-refractivity contribution in [2.45, 2.75) is 0 Å². The molecule has 108 valence electrons. The summed E-state index contributed by atoms with van der Waals surface area (Å²) < 4.78 is 3.79. The van der Waals surface area contributed by atoms with Gasteiger partial charge in [-0.2, -0.15) is 15.2 Å². The quantitative estimate of drug-likeness (QED) is 0.138. The Labute approximate surface area is 96.7 Å². The summed E-state index contributed by atoms with van der Waals surface area (Å²) in [6, 6.07) is 0. The van der Waals surface area contributed by atoms with Gasteiger partial charge in [0.15, 0.2) is 0 Å². The first-order chi connectivity index (χ1) is 8.91. The molecule has 0 aliphatic heterocycles. The minimum absolute atomic E-state index is 1.64. The molecule has 0 bridgehead atoms. The van der Waals surface area contributed by atoms with Crippen LogP contribution in [-0.2, 0) is 75.2 Å². The second-order valence-corrected chi connectivity index (χ2v) is 1.34. The Hall–Kier alpha value is -0.730. The van der Waals surface area contributed by atoms with Gasteiger partial charge in [-0.15, -0.1) is 0 Å². The topological polar surface area (TPSA) is 175 Å². The molecule has 1 N–H and O–H groups in total. The van der Waals surface area contributed by atoms with Crippen LogP contribution in [0.2, 0.25) is 0 Å². The second-order valence-electron chi connectivity index (χ2n) is 1.15. The Morgan fingerprint density at radius 1 is 0.556 bits per heavy atom. The maximum absolute atomic E-state index is 6.01. The third-order valence-electron chi connectivity index (χ3n) is 0.440. The molecule has 0 fully saturated rings. The average molecular weight is 302 g/mol. The van der Waals surface area contributed by atoms with Crippen molar-refractivity contribution in [1.82, 2.24) is 0 Å². The smallest absolute Gasteiger partial charge is 0.0604 e. The van der Waals surface area contributed by atoms with E-state index in [0.717, 1.165) is 0 Å². The zero-order valence-corrected chi connectivity index (χ0v) is 8.80. The van der Waals surface area contributed by atoms with Crippen LogP contribution in [-0.4, -0.2) is 0 Å². The first kappa shape index (κ1) is 17.3. The second kappa shape index (κ2) is 16.3. The fourth-order valence-electron chi connectivity index (χ4n) is 0.168. The van der Waals surface area contributed by atoms with Gasteiger partial charge in [-0.1, -0.05) is 0 Å². The summed E-state index contributed by atoms with van der Waals surface area (Å²) in [5.41, 5.74) is 6.01. The summed E-state index contributed by atoms with van der Waals surface area (Å²) in [5, 5.41) is 47.9. The van der Waals surface area contributed by atoms with Crippen LogP contribution in [0.1, 0.15) is 0 Å². The number of hydrogen-bond donors (Lipinski definition) is 1. The predicted molar refractivity (Wildman–Crippen MR) is 31.1 cm³/mol. The fourth-order valence-corrected chi connectivity index (χ4v) is 0.200. The molecular formula is H3N2O15P. The van der Waals surface area contributed by atoms with Crippen LogP contribution in [0.25, 0.3) is 0 Å². The molecule has 0 saturated heterocycles. The van der Waals surface area contributed by atoms with Crippen molar-refractivity contribution < 1.29 is 75.2 Å². The molecule has 0 aromatic rings. The van der Waals surface area contributed by atoms with Gasteiger partial charge in [0.05, 0.1) is 5.28 Å². The summed E-state index contributed by atoms with van der Waals surface area (Å²) in [5.74, 6) is 0. The lowest BCUT2D eigenvalue weighted by Crippen LogP contribution is -2.04. The van der Waals surface area contributed by atoms with E-state index in [1.807, 2.05) is 0 Å². The maximum atomic E-state index is 6.01. The molecule has 0 saturated carbocycles. The Balaban J connectivity index is 2.88. The van der Waals surface area contributed by atoms with E-state index in [2.05, 4.69) is 80.4 Å². The Morgan fingerprint density at radius 3 is 1.22 bits per heavy atom. The van der Waals surface area contributed by atoms with E-state index in [-0.39, 0.29) is 0 Å². The highest BCUT2D eigenvalue weighted by molar-refractivity contribution is 7.09. The van der Waals surface area contributed by atoms with E-state index in [1.54, 1.807) is 9.47 Å². The van der Waals surface area contributed by atoms with Gasteiger partial charge in [0, 0.05) is 44.7 Å². The molecule has 0 aliphatic carbocycles. The maximum Gasteiger partial charge on any atom is 0.0604 e. The van der Waals surface area contributed by atoms with Gasteiger partial charge in [-0.05, 0) is 30.2 Å². The van der Waals surface area contributed by atoms with Crippen molar-refractivity contribution >= 4 is 9.47 Å². The number of nitrogens with zero attached hydrogens (tertiary/aromatic N) is 1. The molecule has 18 heteroatoms. The van der Waals surface area contributed by atoms with Gasteiger partial charge in [0.1, 0.15) is 0 Å². The standard InChI is InChI=1S/H3N2O15P/c1-2-3-4-5-6-7-8-9-10-11-12-13-14-15-16-17-18/h1H,18H2. The van der Waals surface area contributed by atoms with E-state index < -0.39 is 0 Å². The summed E-state index contributed by atoms with van der Waals surface area (Å²) >= 11 is 0. The van der Waals surface area contributed by atoms with Crippen LogP contribution in [0, 0.1) is 5.53 Å². The van der Waals surface area contributed by atoms with Crippen molar-refractivity contribution in [3.8, 4) is 0 Å². The number of hydrogen-bond acceptors (Lipinski definition) is 17. The molecule has 0 aromatic carbocycles. The van der Waals surface area contributed by atoms with E-state index in [0.29, 0.717) is 0 Å². The SMILES string of the molecule is N=NOOOOOOOOOOOOOOOP. The molecule has 0 aliphatic rings. The molecule has 0 heterocycles. The molecule has 0 radical (unpaired) electrons. The third kappa shape index (κ3) is 15.3. The van der Waals surface area contributed by atoms with E-state index in [9.17, 15) is 0 Å². The Bertz CT molecular complexity index is 163. The molecule has 0 rings (SSSR count). The first-order valence-electron chi connectivity index (χ1n) is 2.98. The monoisotopic (exact) mass is 302 g/mol. The van der Waals surface area contributed by atoms with Crippen LogP contribution < -0.4 is 0 Å². The molecule has 0 spiro atoms. The lowest BCUT2D eigenvalue weighted by atomic mass is 13.1. The fraction of sp³-hybridized carbons (Fsp3) is 0. The molecule has 1 unspecified atom stereocenters. The van der Waals surface area contributed by atoms with Gasteiger partial charge in [-0.25, -0.2) is 0 Å². The lowest BCUT2D eigenvalue weighted by Gasteiger charge is -1.97. The predicted octanol–water partition coefficient (Wildman–Crippen LogP) is -0.219. The van der Waals surface area contributed by atoms with Crippen LogP contribution in [0.5, 0.6) is 0 Å². The third-order valence-corrected chi connectivity index (χ3v) is 0.519. The highest BCUT2D eigenvalue weighted by atomic mass is 31.0. The van der Waals surface area contributed by atoms with Crippen molar-refractivity contribution in [3.05, 3.63) is 0 Å². The van der Waals surface area contributed by atoms with Crippen LogP contribution in [0.4, 0.5) is 0 Å². The van der Waals surface area contributed by atoms with Crippen LogP contribution >= 0.6 is 9.47 Å².